The largest absolute Gasteiger partial charge is 0.508 e. The predicted octanol–water partition coefficient (Wildman–Crippen LogP) is 0.870. The SMILES string of the molecule is O=C1CN(c2ccc(Cc3ccc(O)cc3)cc2O)S(=O)(=O)N1. The van der Waals surface area contributed by atoms with Crippen LogP contribution in [0.25, 0.3) is 0 Å². The number of carbonyl (C=O) groups is 1. The average Bonchev–Trinajstić information content (AvgIpc) is 2.74. The first kappa shape index (κ1) is 15.2. The van der Waals surface area contributed by atoms with Gasteiger partial charge in [-0.1, -0.05) is 18.2 Å². The number of nitrogens with zero attached hydrogens (tertiary/aromatic N) is 1. The van der Waals surface area contributed by atoms with Crippen LogP contribution in [-0.4, -0.2) is 31.1 Å². The van der Waals surface area contributed by atoms with E-state index in [0.29, 0.717) is 6.42 Å². The zero-order chi connectivity index (χ0) is 16.6. The summed E-state index contributed by atoms with van der Waals surface area (Å²) in [5.74, 6) is -0.692. The van der Waals surface area contributed by atoms with E-state index < -0.39 is 16.1 Å². The number of anilines is 1. The fourth-order valence-electron chi connectivity index (χ4n) is 2.40. The van der Waals surface area contributed by atoms with Gasteiger partial charge in [-0.25, -0.2) is 9.03 Å². The second kappa shape index (κ2) is 5.47. The van der Waals surface area contributed by atoms with E-state index >= 15 is 0 Å². The summed E-state index contributed by atoms with van der Waals surface area (Å²) in [5, 5.41) is 19.4. The predicted molar refractivity (Wildman–Crippen MR) is 83.4 cm³/mol. The van der Waals surface area contributed by atoms with E-state index in [-0.39, 0.29) is 23.7 Å². The summed E-state index contributed by atoms with van der Waals surface area (Å²) in [7, 11) is -3.94. The molecule has 23 heavy (non-hydrogen) atoms. The van der Waals surface area contributed by atoms with Gasteiger partial charge in [0.25, 0.3) is 5.91 Å². The van der Waals surface area contributed by atoms with Crippen molar-refractivity contribution in [3.8, 4) is 11.5 Å². The monoisotopic (exact) mass is 334 g/mol. The number of carbonyl (C=O) groups excluding carboxylic acids is 1. The Balaban J connectivity index is 1.86. The molecule has 3 rings (SSSR count). The molecule has 1 saturated heterocycles. The van der Waals surface area contributed by atoms with Gasteiger partial charge in [0.15, 0.2) is 0 Å². The first-order valence-electron chi connectivity index (χ1n) is 6.78. The lowest BCUT2D eigenvalue weighted by Crippen LogP contribution is -2.29. The molecule has 0 saturated carbocycles. The van der Waals surface area contributed by atoms with Crippen LogP contribution in [-0.2, 0) is 21.4 Å². The van der Waals surface area contributed by atoms with Gasteiger partial charge in [-0.05, 0) is 41.8 Å². The van der Waals surface area contributed by atoms with Crippen LogP contribution in [0.3, 0.4) is 0 Å². The van der Waals surface area contributed by atoms with Gasteiger partial charge in [-0.2, -0.15) is 8.42 Å². The maximum atomic E-state index is 11.8. The van der Waals surface area contributed by atoms with E-state index in [0.717, 1.165) is 15.4 Å². The van der Waals surface area contributed by atoms with E-state index in [2.05, 4.69) is 0 Å². The van der Waals surface area contributed by atoms with Gasteiger partial charge in [-0.15, -0.1) is 0 Å². The van der Waals surface area contributed by atoms with Crippen molar-refractivity contribution in [3.05, 3.63) is 53.6 Å². The van der Waals surface area contributed by atoms with E-state index in [9.17, 15) is 23.4 Å². The summed E-state index contributed by atoms with van der Waals surface area (Å²) < 4.78 is 26.3. The molecule has 7 nitrogen and oxygen atoms in total. The Labute approximate surface area is 133 Å². The highest BCUT2D eigenvalue weighted by molar-refractivity contribution is 7.92. The molecule has 120 valence electrons. The minimum atomic E-state index is -3.94. The number of nitrogens with one attached hydrogen (secondary N) is 1. The second-order valence-corrected chi connectivity index (χ2v) is 6.80. The molecule has 0 aliphatic carbocycles. The summed E-state index contributed by atoms with van der Waals surface area (Å²) in [6, 6.07) is 11.3. The van der Waals surface area contributed by atoms with Crippen LogP contribution in [0.2, 0.25) is 0 Å². The van der Waals surface area contributed by atoms with Crippen LogP contribution in [0.4, 0.5) is 5.69 Å². The Morgan fingerprint density at radius 2 is 1.70 bits per heavy atom. The average molecular weight is 334 g/mol. The van der Waals surface area contributed by atoms with E-state index in [1.807, 2.05) is 4.72 Å². The summed E-state index contributed by atoms with van der Waals surface area (Å²) in [5.41, 5.74) is 1.76. The molecule has 2 aromatic rings. The van der Waals surface area contributed by atoms with E-state index in [1.54, 1.807) is 30.3 Å². The third kappa shape index (κ3) is 3.07. The maximum Gasteiger partial charge on any atom is 0.326 e. The first-order chi connectivity index (χ1) is 10.8. The van der Waals surface area contributed by atoms with Gasteiger partial charge in [0.1, 0.15) is 18.0 Å². The van der Waals surface area contributed by atoms with Crippen molar-refractivity contribution in [2.45, 2.75) is 6.42 Å². The molecule has 3 N–H and O–H groups in total. The molecule has 0 aromatic heterocycles. The lowest BCUT2D eigenvalue weighted by Gasteiger charge is -2.16. The number of rotatable bonds is 3. The van der Waals surface area contributed by atoms with Crippen molar-refractivity contribution in [2.24, 2.45) is 0 Å². The molecule has 1 heterocycles. The molecule has 0 unspecified atom stereocenters. The van der Waals surface area contributed by atoms with Gasteiger partial charge in [-0.3, -0.25) is 4.79 Å². The number of hydrogen-bond acceptors (Lipinski definition) is 5. The number of phenolic OH excluding ortho intramolecular Hbond substituents is 2. The molecule has 8 heteroatoms. The van der Waals surface area contributed by atoms with Crippen LogP contribution < -0.4 is 9.03 Å². The number of aromatic hydroxyl groups is 2. The fraction of sp³-hybridized carbons (Fsp3) is 0.133. The molecule has 1 aliphatic rings. The highest BCUT2D eigenvalue weighted by atomic mass is 32.2. The van der Waals surface area contributed by atoms with Crippen molar-refractivity contribution < 1.29 is 23.4 Å². The Hall–Kier alpha value is -2.74. The van der Waals surface area contributed by atoms with Gasteiger partial charge in [0.05, 0.1) is 5.69 Å². The molecule has 0 bridgehead atoms. The number of amides is 1. The summed E-state index contributed by atoms with van der Waals surface area (Å²) >= 11 is 0. The smallest absolute Gasteiger partial charge is 0.326 e. The summed E-state index contributed by atoms with van der Waals surface area (Å²) in [4.78, 5) is 11.3. The molecule has 1 fully saturated rings. The van der Waals surface area contributed by atoms with Crippen LogP contribution in [0, 0.1) is 0 Å². The molecule has 0 spiro atoms. The lowest BCUT2D eigenvalue weighted by molar-refractivity contribution is -0.117. The lowest BCUT2D eigenvalue weighted by atomic mass is 10.0. The molecule has 0 atom stereocenters. The molecule has 1 aliphatic heterocycles. The van der Waals surface area contributed by atoms with E-state index in [4.69, 9.17) is 0 Å². The third-order valence-electron chi connectivity index (χ3n) is 3.47. The Morgan fingerprint density at radius 1 is 1.04 bits per heavy atom. The molecular formula is C15H14N2O5S. The zero-order valence-electron chi connectivity index (χ0n) is 11.9. The summed E-state index contributed by atoms with van der Waals surface area (Å²) in [6.45, 7) is -0.354. The van der Waals surface area contributed by atoms with Gasteiger partial charge in [0, 0.05) is 0 Å². The minimum absolute atomic E-state index is 0.0535. The topological polar surface area (TPSA) is 107 Å². The van der Waals surface area contributed by atoms with E-state index in [1.165, 1.54) is 12.1 Å². The molecule has 0 radical (unpaired) electrons. The van der Waals surface area contributed by atoms with Gasteiger partial charge in [0.2, 0.25) is 0 Å². The van der Waals surface area contributed by atoms with Crippen LogP contribution in [0.5, 0.6) is 11.5 Å². The minimum Gasteiger partial charge on any atom is -0.508 e. The van der Waals surface area contributed by atoms with Crippen molar-refractivity contribution in [3.63, 3.8) is 0 Å². The highest BCUT2D eigenvalue weighted by Gasteiger charge is 2.35. The van der Waals surface area contributed by atoms with Crippen molar-refractivity contribution in [2.75, 3.05) is 10.8 Å². The first-order valence-corrected chi connectivity index (χ1v) is 8.22. The van der Waals surface area contributed by atoms with Crippen LogP contribution >= 0.6 is 0 Å². The number of phenols is 2. The zero-order valence-corrected chi connectivity index (χ0v) is 12.7. The quantitative estimate of drug-likeness (QED) is 0.772. The van der Waals surface area contributed by atoms with Gasteiger partial charge >= 0.3 is 10.2 Å². The Kier molecular flexibility index (Phi) is 3.61. The molecular weight excluding hydrogens is 320 g/mol. The summed E-state index contributed by atoms with van der Waals surface area (Å²) in [6.07, 6.45) is 0.512. The third-order valence-corrected chi connectivity index (χ3v) is 4.86. The van der Waals surface area contributed by atoms with Crippen molar-refractivity contribution >= 4 is 21.8 Å². The molecule has 2 aromatic carbocycles. The number of hydrogen-bond donors (Lipinski definition) is 3. The van der Waals surface area contributed by atoms with Gasteiger partial charge < -0.3 is 10.2 Å². The normalized spacial score (nSPS) is 16.3. The van der Waals surface area contributed by atoms with Crippen molar-refractivity contribution in [1.29, 1.82) is 0 Å². The highest BCUT2D eigenvalue weighted by Crippen LogP contribution is 2.32. The standard InChI is InChI=1S/C15H14N2O5S/c18-12-4-1-10(2-5-12)7-11-3-6-13(14(19)8-11)17-9-15(20)16-23(17,21)22/h1-6,8,18-19H,7,9H2,(H,16,20). The maximum absolute atomic E-state index is 11.8. The Bertz CT molecular complexity index is 862. The van der Waals surface area contributed by atoms with Crippen LogP contribution in [0.1, 0.15) is 11.1 Å². The number of benzene rings is 2. The van der Waals surface area contributed by atoms with Crippen molar-refractivity contribution in [1.82, 2.24) is 4.72 Å². The second-order valence-electron chi connectivity index (χ2n) is 5.20. The fourth-order valence-corrected chi connectivity index (χ4v) is 3.56. The Morgan fingerprint density at radius 3 is 2.26 bits per heavy atom. The van der Waals surface area contributed by atoms with Crippen LogP contribution in [0.15, 0.2) is 42.5 Å². The molecule has 1 amide bonds.